The second-order valence-electron chi connectivity index (χ2n) is 15.1. The molecule has 2 atom stereocenters. The first kappa shape index (κ1) is 40.9. The fourth-order valence-corrected chi connectivity index (χ4v) is 7.71. The predicted molar refractivity (Wildman–Crippen MR) is 221 cm³/mol. The first-order valence-corrected chi connectivity index (χ1v) is 19.5. The van der Waals surface area contributed by atoms with E-state index in [1.54, 1.807) is 24.2 Å². The van der Waals surface area contributed by atoms with Gasteiger partial charge in [0.15, 0.2) is 11.6 Å². The summed E-state index contributed by atoms with van der Waals surface area (Å²) in [7, 11) is 0. The van der Waals surface area contributed by atoms with Crippen molar-refractivity contribution in [3.05, 3.63) is 132 Å². The van der Waals surface area contributed by atoms with Crippen LogP contribution < -0.4 is 15.4 Å². The molecule has 4 aromatic rings. The summed E-state index contributed by atoms with van der Waals surface area (Å²) in [5, 5.41) is 16.0. The van der Waals surface area contributed by atoms with Crippen molar-refractivity contribution in [1.29, 1.82) is 0 Å². The number of ether oxygens (including phenoxy) is 1. The van der Waals surface area contributed by atoms with E-state index in [9.17, 15) is 14.7 Å². The normalized spacial score (nSPS) is 16.3. The molecular formula is C46H57N5O4. The van der Waals surface area contributed by atoms with E-state index in [0.717, 1.165) is 67.5 Å². The topological polar surface area (TPSA) is 117 Å². The largest absolute Gasteiger partial charge is 0.454 e. The minimum absolute atomic E-state index is 0.0236. The number of rotatable bonds is 20. The molecule has 0 aliphatic heterocycles. The number of benzene rings is 3. The average Bonchev–Trinajstić information content (AvgIpc) is 3.17. The summed E-state index contributed by atoms with van der Waals surface area (Å²) < 4.78 is 5.98. The highest BCUT2D eigenvalue weighted by molar-refractivity contribution is 5.78. The molecule has 1 heterocycles. The van der Waals surface area contributed by atoms with Crippen molar-refractivity contribution in [2.24, 2.45) is 5.92 Å². The van der Waals surface area contributed by atoms with E-state index in [1.807, 2.05) is 32.0 Å². The standard InChI is InChI=1S/C46H57N5O4/c1-8-46(9-2,38-16-19-41(20-17-38)55-42-28-48-45(34(7)53)49-29-42)27-36-14-12-35(13-15-36)24-37-25-40(26-37)50-39-18-21-43(31(4)23-39)33(6)51(30-52)32(5)11-22-44(54)47-10-3/h10,12-21,23,28-30,32,34,37,40,50,53H,3,6,8-9,11,22,24-27H2,1-2,4-5,7H3,(H,47,54). The second-order valence-corrected chi connectivity index (χ2v) is 15.1. The molecule has 0 bridgehead atoms. The Hall–Kier alpha value is -5.28. The summed E-state index contributed by atoms with van der Waals surface area (Å²) in [6.45, 7) is 17.9. The van der Waals surface area contributed by atoms with Gasteiger partial charge in [0.05, 0.1) is 12.4 Å². The lowest BCUT2D eigenvalue weighted by atomic mass is 9.71. The highest BCUT2D eigenvalue weighted by Gasteiger charge is 2.31. The third-order valence-electron chi connectivity index (χ3n) is 11.3. The second kappa shape index (κ2) is 18.8. The first-order valence-electron chi connectivity index (χ1n) is 19.5. The van der Waals surface area contributed by atoms with E-state index < -0.39 is 6.10 Å². The maximum atomic E-state index is 12.0. The molecule has 1 fully saturated rings. The van der Waals surface area contributed by atoms with Crippen molar-refractivity contribution in [2.75, 3.05) is 5.32 Å². The molecule has 1 saturated carbocycles. The molecule has 2 amide bonds. The number of anilines is 1. The molecule has 1 aliphatic carbocycles. The third-order valence-corrected chi connectivity index (χ3v) is 11.3. The van der Waals surface area contributed by atoms with Crippen LogP contribution in [0, 0.1) is 12.8 Å². The molecule has 9 heteroatoms. The van der Waals surface area contributed by atoms with Crippen LogP contribution in [0.1, 0.15) is 106 Å². The van der Waals surface area contributed by atoms with Crippen molar-refractivity contribution < 1.29 is 19.4 Å². The number of nitrogens with zero attached hydrogens (tertiary/aromatic N) is 3. The van der Waals surface area contributed by atoms with E-state index >= 15 is 0 Å². The Labute approximate surface area is 327 Å². The minimum atomic E-state index is -0.717. The van der Waals surface area contributed by atoms with E-state index in [1.165, 1.54) is 22.9 Å². The quantitative estimate of drug-likeness (QED) is 0.0773. The van der Waals surface area contributed by atoms with Crippen molar-refractivity contribution >= 4 is 23.7 Å². The number of aliphatic hydroxyl groups excluding tert-OH is 1. The average molecular weight is 744 g/mol. The molecular weight excluding hydrogens is 687 g/mol. The van der Waals surface area contributed by atoms with E-state index in [0.29, 0.717) is 42.1 Å². The van der Waals surface area contributed by atoms with Crippen molar-refractivity contribution in [2.45, 2.75) is 110 Å². The summed E-state index contributed by atoms with van der Waals surface area (Å²) in [5.74, 6) is 2.16. The van der Waals surface area contributed by atoms with Gasteiger partial charge in [0.2, 0.25) is 12.3 Å². The zero-order valence-corrected chi connectivity index (χ0v) is 33.1. The summed E-state index contributed by atoms with van der Waals surface area (Å²) >= 11 is 0. The number of aryl methyl sites for hydroxylation is 1. The maximum absolute atomic E-state index is 12.0. The number of amides is 2. The van der Waals surface area contributed by atoms with Gasteiger partial charge in [-0.15, -0.1) is 0 Å². The van der Waals surface area contributed by atoms with Gasteiger partial charge in [0, 0.05) is 35.5 Å². The Morgan fingerprint density at radius 2 is 1.65 bits per heavy atom. The molecule has 0 radical (unpaired) electrons. The Morgan fingerprint density at radius 3 is 2.24 bits per heavy atom. The number of hydrogen-bond acceptors (Lipinski definition) is 7. The van der Waals surface area contributed by atoms with Gasteiger partial charge in [-0.05, 0) is 130 Å². The maximum Gasteiger partial charge on any atom is 0.223 e. The molecule has 1 aromatic heterocycles. The van der Waals surface area contributed by atoms with Crippen molar-refractivity contribution in [3.8, 4) is 11.5 Å². The lowest BCUT2D eigenvalue weighted by Crippen LogP contribution is -2.36. The van der Waals surface area contributed by atoms with Crippen LogP contribution >= 0.6 is 0 Å². The van der Waals surface area contributed by atoms with Crippen LogP contribution in [-0.2, 0) is 27.8 Å². The summed E-state index contributed by atoms with van der Waals surface area (Å²) in [5.41, 5.74) is 7.72. The van der Waals surface area contributed by atoms with Crippen LogP contribution in [0.25, 0.3) is 5.70 Å². The molecule has 5 rings (SSSR count). The molecule has 290 valence electrons. The number of aliphatic hydroxyl groups is 1. The fourth-order valence-electron chi connectivity index (χ4n) is 7.71. The molecule has 3 N–H and O–H groups in total. The minimum Gasteiger partial charge on any atom is -0.454 e. The lowest BCUT2D eigenvalue weighted by molar-refractivity contribution is -0.121. The number of nitrogens with one attached hydrogen (secondary N) is 2. The molecule has 0 saturated heterocycles. The van der Waals surface area contributed by atoms with Gasteiger partial charge < -0.3 is 25.4 Å². The SMILES string of the molecule is C=CNC(=O)CCC(C)N(C=O)C(=C)c1ccc(NC2CC(Cc3ccc(CC(CC)(CC)c4ccc(Oc5cnc(C(C)O)nc5)cc4)cc3)C2)cc1C. The molecule has 55 heavy (non-hydrogen) atoms. The summed E-state index contributed by atoms with van der Waals surface area (Å²) in [6.07, 6.45) is 11.8. The van der Waals surface area contributed by atoms with Gasteiger partial charge in [0.1, 0.15) is 11.9 Å². The molecule has 0 spiro atoms. The Morgan fingerprint density at radius 1 is 1.00 bits per heavy atom. The van der Waals surface area contributed by atoms with Crippen molar-refractivity contribution in [3.63, 3.8) is 0 Å². The van der Waals surface area contributed by atoms with Crippen LogP contribution in [0.2, 0.25) is 0 Å². The smallest absolute Gasteiger partial charge is 0.223 e. The molecule has 2 unspecified atom stereocenters. The van der Waals surface area contributed by atoms with Gasteiger partial charge in [0.25, 0.3) is 0 Å². The summed E-state index contributed by atoms with van der Waals surface area (Å²) in [4.78, 5) is 33.8. The van der Waals surface area contributed by atoms with Crippen molar-refractivity contribution in [1.82, 2.24) is 20.2 Å². The Kier molecular flexibility index (Phi) is 14.0. The number of carbonyl (C=O) groups is 2. The van der Waals surface area contributed by atoms with Crippen LogP contribution in [0.3, 0.4) is 0 Å². The monoisotopic (exact) mass is 743 g/mol. The summed E-state index contributed by atoms with van der Waals surface area (Å²) in [6, 6.07) is 24.1. The van der Waals surface area contributed by atoms with Gasteiger partial charge >= 0.3 is 0 Å². The van der Waals surface area contributed by atoms with E-state index in [4.69, 9.17) is 4.74 Å². The third kappa shape index (κ3) is 10.5. The van der Waals surface area contributed by atoms with E-state index in [-0.39, 0.29) is 17.4 Å². The number of hydrogen-bond donors (Lipinski definition) is 3. The Balaban J connectivity index is 1.10. The highest BCUT2D eigenvalue weighted by Crippen LogP contribution is 2.38. The van der Waals surface area contributed by atoms with Crippen LogP contribution in [0.5, 0.6) is 11.5 Å². The number of aromatic nitrogens is 2. The van der Waals surface area contributed by atoms with Crippen LogP contribution in [-0.4, -0.2) is 44.4 Å². The Bertz CT molecular complexity index is 1900. The van der Waals surface area contributed by atoms with Gasteiger partial charge in [-0.2, -0.15) is 0 Å². The van der Waals surface area contributed by atoms with Crippen LogP contribution in [0.15, 0.2) is 98.5 Å². The lowest BCUT2D eigenvalue weighted by Gasteiger charge is -2.37. The molecule has 3 aromatic carbocycles. The number of carbonyl (C=O) groups excluding carboxylic acids is 2. The molecule has 1 aliphatic rings. The van der Waals surface area contributed by atoms with Gasteiger partial charge in [-0.25, -0.2) is 9.97 Å². The zero-order valence-electron chi connectivity index (χ0n) is 33.1. The molecule has 9 nitrogen and oxygen atoms in total. The van der Waals surface area contributed by atoms with Gasteiger partial charge in [-0.3, -0.25) is 9.59 Å². The highest BCUT2D eigenvalue weighted by atomic mass is 16.5. The zero-order chi connectivity index (χ0) is 39.5. The predicted octanol–water partition coefficient (Wildman–Crippen LogP) is 9.22. The van der Waals surface area contributed by atoms with Gasteiger partial charge in [-0.1, -0.05) is 69.5 Å². The van der Waals surface area contributed by atoms with E-state index in [2.05, 4.69) is 96.1 Å². The first-order chi connectivity index (χ1) is 26.5. The fraction of sp³-hybridized carbons (Fsp3) is 0.391. The van der Waals surface area contributed by atoms with Crippen LogP contribution in [0.4, 0.5) is 5.69 Å².